The maximum absolute atomic E-state index is 12.8. The van der Waals surface area contributed by atoms with E-state index in [-0.39, 0.29) is 31.1 Å². The minimum Gasteiger partial charge on any atom is -0.462 e. The second kappa shape index (κ2) is 50.3. The molecule has 0 aliphatic heterocycles. The molecule has 0 spiro atoms. The van der Waals surface area contributed by atoms with Crippen LogP contribution in [-0.4, -0.2) is 37.2 Å². The Morgan fingerprint density at radius 3 is 0.800 bits per heavy atom. The molecule has 0 aromatic carbocycles. The first kappa shape index (κ1) is 63.4. The van der Waals surface area contributed by atoms with Gasteiger partial charge < -0.3 is 14.2 Å². The van der Waals surface area contributed by atoms with E-state index in [1.807, 2.05) is 0 Å². The number of unbranched alkanes of at least 4 members (excludes halogenated alkanes) is 34. The Labute approximate surface area is 406 Å². The lowest BCUT2D eigenvalue weighted by molar-refractivity contribution is -0.167. The van der Waals surface area contributed by atoms with Crippen LogP contribution in [0.1, 0.15) is 324 Å². The van der Waals surface area contributed by atoms with Gasteiger partial charge in [0.2, 0.25) is 0 Å². The molecule has 0 aromatic heterocycles. The normalized spacial score (nSPS) is 12.6. The molecule has 0 amide bonds. The monoisotopic (exact) mass is 919 g/mol. The lowest BCUT2D eigenvalue weighted by Gasteiger charge is -2.18. The van der Waals surface area contributed by atoms with Crippen LogP contribution in [0.4, 0.5) is 0 Å². The second-order valence-electron chi connectivity index (χ2n) is 21.5. The van der Waals surface area contributed by atoms with Crippen molar-refractivity contribution in [2.24, 2.45) is 17.8 Å². The summed E-state index contributed by atoms with van der Waals surface area (Å²) in [5.41, 5.74) is 0. The van der Waals surface area contributed by atoms with Crippen molar-refractivity contribution in [3.8, 4) is 0 Å². The first-order valence-corrected chi connectivity index (χ1v) is 29.1. The number of rotatable bonds is 52. The topological polar surface area (TPSA) is 78.9 Å². The van der Waals surface area contributed by atoms with E-state index in [1.54, 1.807) is 0 Å². The smallest absolute Gasteiger partial charge is 0.306 e. The third-order valence-corrected chi connectivity index (χ3v) is 13.8. The number of carbonyl (C=O) groups excluding carboxylic acids is 3. The number of hydrogen-bond donors (Lipinski definition) is 0. The average molecular weight is 920 g/mol. The van der Waals surface area contributed by atoms with Crippen LogP contribution in [0.3, 0.4) is 0 Å². The lowest BCUT2D eigenvalue weighted by Crippen LogP contribution is -2.30. The maximum atomic E-state index is 12.8. The molecule has 386 valence electrons. The fourth-order valence-corrected chi connectivity index (χ4v) is 8.97. The van der Waals surface area contributed by atoms with Crippen LogP contribution in [0, 0.1) is 17.8 Å². The zero-order chi connectivity index (χ0) is 47.7. The molecule has 0 aliphatic rings. The van der Waals surface area contributed by atoms with E-state index in [2.05, 4.69) is 41.5 Å². The quantitative estimate of drug-likeness (QED) is 0.0344. The van der Waals surface area contributed by atoms with Crippen molar-refractivity contribution in [3.05, 3.63) is 0 Å². The van der Waals surface area contributed by atoms with Crippen molar-refractivity contribution < 1.29 is 28.6 Å². The fraction of sp³-hybridized carbons (Fsp3) is 0.949. The van der Waals surface area contributed by atoms with Crippen molar-refractivity contribution in [3.63, 3.8) is 0 Å². The summed E-state index contributed by atoms with van der Waals surface area (Å²) in [5.74, 6) is 1.68. The molecule has 0 rings (SSSR count). The Morgan fingerprint density at radius 2 is 0.538 bits per heavy atom. The molecular formula is C59H114O6. The Bertz CT molecular complexity index is 1010. The summed E-state index contributed by atoms with van der Waals surface area (Å²) >= 11 is 0. The van der Waals surface area contributed by atoms with E-state index in [0.29, 0.717) is 19.3 Å². The van der Waals surface area contributed by atoms with Gasteiger partial charge in [0.1, 0.15) is 13.2 Å². The standard InChI is InChI=1S/C59H114O6/c1-7-55(6)47-41-35-29-22-18-14-12-10-8-9-11-13-15-19-23-30-36-42-48-57(60)63-51-56(52-64-58(61)49-43-37-31-26-25-28-34-40-46-54(4)5)65-59(62)50-44-38-32-24-20-16-17-21-27-33-39-45-53(2)3/h53-56H,7-52H2,1-6H3/t55?,56-/m0/s1. The molecule has 0 heterocycles. The predicted octanol–water partition coefficient (Wildman–Crippen LogP) is 19.1. The van der Waals surface area contributed by atoms with Crippen LogP contribution in [0.5, 0.6) is 0 Å². The molecule has 2 atom stereocenters. The molecule has 0 fully saturated rings. The van der Waals surface area contributed by atoms with Gasteiger partial charge in [-0.1, -0.05) is 286 Å². The zero-order valence-electron chi connectivity index (χ0n) is 44.8. The van der Waals surface area contributed by atoms with Crippen LogP contribution in [-0.2, 0) is 28.6 Å². The van der Waals surface area contributed by atoms with Gasteiger partial charge >= 0.3 is 17.9 Å². The molecule has 0 aromatic rings. The van der Waals surface area contributed by atoms with Crippen LogP contribution in [0.25, 0.3) is 0 Å². The molecule has 0 radical (unpaired) electrons. The summed E-state index contributed by atoms with van der Waals surface area (Å²) in [7, 11) is 0. The fourth-order valence-electron chi connectivity index (χ4n) is 8.97. The third-order valence-electron chi connectivity index (χ3n) is 13.8. The predicted molar refractivity (Wildman–Crippen MR) is 279 cm³/mol. The Hall–Kier alpha value is -1.59. The van der Waals surface area contributed by atoms with E-state index >= 15 is 0 Å². The SMILES string of the molecule is CCC(C)CCCCCCCCCCCCCCCCCCCCC(=O)OC[C@@H](COC(=O)CCCCCCCCCCC(C)C)OC(=O)CCCCCCCCCCCCCC(C)C. The average Bonchev–Trinajstić information content (AvgIpc) is 3.28. The number of ether oxygens (including phenoxy) is 3. The first-order chi connectivity index (χ1) is 31.6. The lowest BCUT2D eigenvalue weighted by atomic mass is 9.99. The van der Waals surface area contributed by atoms with Gasteiger partial charge in [0.05, 0.1) is 0 Å². The van der Waals surface area contributed by atoms with Gasteiger partial charge in [0, 0.05) is 19.3 Å². The molecule has 6 heteroatoms. The summed E-state index contributed by atoms with van der Waals surface area (Å²) < 4.78 is 16.9. The van der Waals surface area contributed by atoms with Gasteiger partial charge in [-0.25, -0.2) is 0 Å². The molecule has 0 saturated carbocycles. The highest BCUT2D eigenvalue weighted by molar-refractivity contribution is 5.71. The Morgan fingerprint density at radius 1 is 0.308 bits per heavy atom. The van der Waals surface area contributed by atoms with Crippen molar-refractivity contribution in [1.29, 1.82) is 0 Å². The molecule has 6 nitrogen and oxygen atoms in total. The molecule has 0 aliphatic carbocycles. The molecule has 65 heavy (non-hydrogen) atoms. The largest absolute Gasteiger partial charge is 0.462 e. The van der Waals surface area contributed by atoms with Crippen molar-refractivity contribution in [2.75, 3.05) is 13.2 Å². The summed E-state index contributed by atoms with van der Waals surface area (Å²) in [6, 6.07) is 0. The van der Waals surface area contributed by atoms with Gasteiger partial charge in [-0.2, -0.15) is 0 Å². The maximum Gasteiger partial charge on any atom is 0.306 e. The van der Waals surface area contributed by atoms with E-state index in [1.165, 1.54) is 205 Å². The molecule has 0 N–H and O–H groups in total. The van der Waals surface area contributed by atoms with Gasteiger partial charge in [-0.3, -0.25) is 14.4 Å². The molecule has 0 bridgehead atoms. The van der Waals surface area contributed by atoms with Crippen LogP contribution >= 0.6 is 0 Å². The minimum absolute atomic E-state index is 0.0640. The summed E-state index contributed by atoms with van der Waals surface area (Å²) in [6.45, 7) is 13.8. The molecular weight excluding hydrogens is 805 g/mol. The summed E-state index contributed by atoms with van der Waals surface area (Å²) in [5, 5.41) is 0. The summed E-state index contributed by atoms with van der Waals surface area (Å²) in [6.07, 6.45) is 52.4. The Balaban J connectivity index is 4.21. The van der Waals surface area contributed by atoms with Gasteiger partial charge in [0.15, 0.2) is 6.10 Å². The van der Waals surface area contributed by atoms with Gasteiger partial charge in [-0.05, 0) is 37.0 Å². The van der Waals surface area contributed by atoms with E-state index in [0.717, 1.165) is 75.5 Å². The van der Waals surface area contributed by atoms with Crippen molar-refractivity contribution in [2.45, 2.75) is 330 Å². The highest BCUT2D eigenvalue weighted by atomic mass is 16.6. The molecule has 0 saturated heterocycles. The van der Waals surface area contributed by atoms with Crippen molar-refractivity contribution in [1.82, 2.24) is 0 Å². The number of esters is 3. The van der Waals surface area contributed by atoms with E-state index < -0.39 is 6.10 Å². The number of carbonyl (C=O) groups is 3. The molecule has 1 unspecified atom stereocenters. The van der Waals surface area contributed by atoms with Crippen molar-refractivity contribution >= 4 is 17.9 Å². The van der Waals surface area contributed by atoms with Crippen LogP contribution < -0.4 is 0 Å². The summed E-state index contributed by atoms with van der Waals surface area (Å²) in [4.78, 5) is 38.1. The van der Waals surface area contributed by atoms with E-state index in [9.17, 15) is 14.4 Å². The first-order valence-electron chi connectivity index (χ1n) is 29.1. The second-order valence-corrected chi connectivity index (χ2v) is 21.5. The highest BCUT2D eigenvalue weighted by Crippen LogP contribution is 2.19. The third kappa shape index (κ3) is 51.6. The minimum atomic E-state index is -0.764. The number of hydrogen-bond acceptors (Lipinski definition) is 6. The zero-order valence-corrected chi connectivity index (χ0v) is 44.8. The van der Waals surface area contributed by atoms with Crippen LogP contribution in [0.15, 0.2) is 0 Å². The highest BCUT2D eigenvalue weighted by Gasteiger charge is 2.19. The van der Waals surface area contributed by atoms with E-state index in [4.69, 9.17) is 14.2 Å². The van der Waals surface area contributed by atoms with Gasteiger partial charge in [-0.15, -0.1) is 0 Å². The van der Waals surface area contributed by atoms with Crippen LogP contribution in [0.2, 0.25) is 0 Å². The Kier molecular flexibility index (Phi) is 49.1. The van der Waals surface area contributed by atoms with Gasteiger partial charge in [0.25, 0.3) is 0 Å².